The van der Waals surface area contributed by atoms with Crippen molar-refractivity contribution in [1.82, 2.24) is 19.9 Å². The van der Waals surface area contributed by atoms with Gasteiger partial charge in [0, 0.05) is 38.6 Å². The first kappa shape index (κ1) is 28.5. The Labute approximate surface area is 274 Å². The first-order valence-electron chi connectivity index (χ1n) is 16.0. The van der Waals surface area contributed by atoms with Crippen LogP contribution in [0.5, 0.6) is 0 Å². The number of pyridine rings is 2. The highest BCUT2D eigenvalue weighted by Crippen LogP contribution is 2.35. The molecule has 8 rings (SSSR count). The molecule has 8 aromatic rings. The van der Waals surface area contributed by atoms with Gasteiger partial charge in [-0.25, -0.2) is 19.9 Å². The molecule has 0 saturated heterocycles. The SMILES string of the molecule is CC(C)c1cc(-c2ccc(-c3cc(-c4ccccc4)nc(-c4ccccc4)n3)cc2)nc2c1ccc1ccc(-c3ccccc3)nc12. The molecule has 0 radical (unpaired) electrons. The molecule has 224 valence electrons. The Morgan fingerprint density at radius 2 is 0.851 bits per heavy atom. The minimum absolute atomic E-state index is 0.321. The van der Waals surface area contributed by atoms with E-state index < -0.39 is 0 Å². The Balaban J connectivity index is 1.24. The molecule has 47 heavy (non-hydrogen) atoms. The molecule has 0 aliphatic carbocycles. The van der Waals surface area contributed by atoms with Gasteiger partial charge >= 0.3 is 0 Å². The topological polar surface area (TPSA) is 51.6 Å². The van der Waals surface area contributed by atoms with Crippen LogP contribution >= 0.6 is 0 Å². The van der Waals surface area contributed by atoms with Gasteiger partial charge in [-0.15, -0.1) is 0 Å². The Morgan fingerprint density at radius 3 is 1.43 bits per heavy atom. The normalized spacial score (nSPS) is 11.4. The maximum absolute atomic E-state index is 5.27. The number of hydrogen-bond acceptors (Lipinski definition) is 4. The van der Waals surface area contributed by atoms with E-state index in [1.54, 1.807) is 0 Å². The first-order valence-corrected chi connectivity index (χ1v) is 16.0. The molecule has 4 nitrogen and oxygen atoms in total. The smallest absolute Gasteiger partial charge is 0.160 e. The van der Waals surface area contributed by atoms with Crippen LogP contribution in [0.25, 0.3) is 78.2 Å². The molecule has 0 aliphatic heterocycles. The minimum Gasteiger partial charge on any atom is -0.245 e. The molecule has 0 N–H and O–H groups in total. The summed E-state index contributed by atoms with van der Waals surface area (Å²) < 4.78 is 0. The maximum Gasteiger partial charge on any atom is 0.160 e. The molecular formula is C43H32N4. The van der Waals surface area contributed by atoms with Crippen LogP contribution in [-0.4, -0.2) is 19.9 Å². The second-order valence-corrected chi connectivity index (χ2v) is 12.1. The van der Waals surface area contributed by atoms with Gasteiger partial charge in [0.1, 0.15) is 0 Å². The lowest BCUT2D eigenvalue weighted by Crippen LogP contribution is -1.97. The lowest BCUT2D eigenvalue weighted by Gasteiger charge is -2.15. The summed E-state index contributed by atoms with van der Waals surface area (Å²) in [6, 6.07) is 52.2. The quantitative estimate of drug-likeness (QED) is 0.177. The van der Waals surface area contributed by atoms with Gasteiger partial charge in [0.25, 0.3) is 0 Å². The highest BCUT2D eigenvalue weighted by atomic mass is 14.9. The zero-order valence-electron chi connectivity index (χ0n) is 26.3. The molecule has 0 spiro atoms. The monoisotopic (exact) mass is 604 g/mol. The maximum atomic E-state index is 5.27. The Kier molecular flexibility index (Phi) is 7.31. The summed E-state index contributed by atoms with van der Waals surface area (Å²) in [5.74, 6) is 1.03. The van der Waals surface area contributed by atoms with Crippen molar-refractivity contribution in [2.75, 3.05) is 0 Å². The van der Waals surface area contributed by atoms with Crippen molar-refractivity contribution in [2.24, 2.45) is 0 Å². The fraction of sp³-hybridized carbons (Fsp3) is 0.0698. The second kappa shape index (κ2) is 12.1. The predicted molar refractivity (Wildman–Crippen MR) is 194 cm³/mol. The van der Waals surface area contributed by atoms with Crippen molar-refractivity contribution >= 4 is 21.8 Å². The van der Waals surface area contributed by atoms with Crippen molar-refractivity contribution in [3.8, 4) is 56.4 Å². The molecule has 0 bridgehead atoms. The van der Waals surface area contributed by atoms with E-state index in [-0.39, 0.29) is 0 Å². The molecule has 0 unspecified atom stereocenters. The molecule has 0 fully saturated rings. The molecule has 3 aromatic heterocycles. The minimum atomic E-state index is 0.321. The van der Waals surface area contributed by atoms with Crippen molar-refractivity contribution in [2.45, 2.75) is 19.8 Å². The fourth-order valence-electron chi connectivity index (χ4n) is 6.17. The summed E-state index contributed by atoms with van der Waals surface area (Å²) >= 11 is 0. The Hall–Kier alpha value is -6.00. The standard InChI is InChI=1S/C43H32N4/c1-28(2)36-26-38(45-42-35(36)24-22-33-23-25-37(44-41(33)42)29-12-6-3-7-13-29)31-18-20-32(21-19-31)40-27-39(30-14-8-4-9-15-30)46-43(47-40)34-16-10-5-11-17-34/h3-28H,1-2H3. The third kappa shape index (κ3) is 5.55. The summed E-state index contributed by atoms with van der Waals surface area (Å²) in [6.07, 6.45) is 0. The van der Waals surface area contributed by atoms with Gasteiger partial charge < -0.3 is 0 Å². The zero-order chi connectivity index (χ0) is 31.7. The van der Waals surface area contributed by atoms with Crippen LogP contribution in [0.4, 0.5) is 0 Å². The summed E-state index contributed by atoms with van der Waals surface area (Å²) in [4.78, 5) is 20.4. The Morgan fingerprint density at radius 1 is 0.383 bits per heavy atom. The molecule has 0 amide bonds. The molecule has 4 heteroatoms. The van der Waals surface area contributed by atoms with Gasteiger partial charge in [0.05, 0.1) is 33.8 Å². The van der Waals surface area contributed by atoms with E-state index >= 15 is 0 Å². The van der Waals surface area contributed by atoms with Gasteiger partial charge in [0.15, 0.2) is 5.82 Å². The van der Waals surface area contributed by atoms with E-state index in [4.69, 9.17) is 19.9 Å². The third-order valence-corrected chi connectivity index (χ3v) is 8.67. The van der Waals surface area contributed by atoms with Gasteiger partial charge in [-0.1, -0.05) is 147 Å². The number of hydrogen-bond donors (Lipinski definition) is 0. The van der Waals surface area contributed by atoms with Crippen LogP contribution in [0.3, 0.4) is 0 Å². The highest BCUT2D eigenvalue weighted by Gasteiger charge is 2.16. The van der Waals surface area contributed by atoms with Crippen LogP contribution in [0, 0.1) is 0 Å². The second-order valence-electron chi connectivity index (χ2n) is 12.1. The molecule has 0 atom stereocenters. The van der Waals surface area contributed by atoms with Gasteiger partial charge in [0.2, 0.25) is 0 Å². The first-order chi connectivity index (χ1) is 23.1. The van der Waals surface area contributed by atoms with Crippen molar-refractivity contribution < 1.29 is 0 Å². The molecular weight excluding hydrogens is 573 g/mol. The van der Waals surface area contributed by atoms with Crippen molar-refractivity contribution in [3.63, 3.8) is 0 Å². The van der Waals surface area contributed by atoms with Crippen LogP contribution in [-0.2, 0) is 0 Å². The summed E-state index contributed by atoms with van der Waals surface area (Å²) in [5.41, 5.74) is 12.0. The number of fused-ring (bicyclic) bond motifs is 3. The number of benzene rings is 5. The largest absolute Gasteiger partial charge is 0.245 e. The van der Waals surface area contributed by atoms with E-state index in [1.807, 2.05) is 54.6 Å². The van der Waals surface area contributed by atoms with Crippen molar-refractivity contribution in [1.29, 1.82) is 0 Å². The lowest BCUT2D eigenvalue weighted by molar-refractivity contribution is 0.875. The van der Waals surface area contributed by atoms with Crippen LogP contribution in [0.2, 0.25) is 0 Å². The number of nitrogens with zero attached hydrogens (tertiary/aromatic N) is 4. The fourth-order valence-corrected chi connectivity index (χ4v) is 6.17. The lowest BCUT2D eigenvalue weighted by atomic mass is 9.94. The summed E-state index contributed by atoms with van der Waals surface area (Å²) in [7, 11) is 0. The van der Waals surface area contributed by atoms with E-state index in [1.165, 1.54) is 5.56 Å². The van der Waals surface area contributed by atoms with E-state index in [9.17, 15) is 0 Å². The average Bonchev–Trinajstić information content (AvgIpc) is 3.15. The van der Waals surface area contributed by atoms with Crippen LogP contribution in [0.1, 0.15) is 25.3 Å². The van der Waals surface area contributed by atoms with Crippen molar-refractivity contribution in [3.05, 3.63) is 157 Å². The van der Waals surface area contributed by atoms with E-state index in [2.05, 4.69) is 111 Å². The van der Waals surface area contributed by atoms with Gasteiger partial charge in [-0.3, -0.25) is 0 Å². The molecule has 3 heterocycles. The zero-order valence-corrected chi connectivity index (χ0v) is 26.3. The molecule has 0 aliphatic rings. The van der Waals surface area contributed by atoms with E-state index in [0.29, 0.717) is 11.7 Å². The summed E-state index contributed by atoms with van der Waals surface area (Å²) in [6.45, 7) is 4.48. The number of aromatic nitrogens is 4. The van der Waals surface area contributed by atoms with E-state index in [0.717, 1.165) is 72.4 Å². The molecule has 0 saturated carbocycles. The highest BCUT2D eigenvalue weighted by molar-refractivity contribution is 6.05. The summed E-state index contributed by atoms with van der Waals surface area (Å²) in [5, 5.41) is 2.23. The number of rotatable bonds is 6. The average molecular weight is 605 g/mol. The van der Waals surface area contributed by atoms with Crippen LogP contribution in [0.15, 0.2) is 152 Å². The third-order valence-electron chi connectivity index (χ3n) is 8.67. The Bertz CT molecular complexity index is 2290. The van der Waals surface area contributed by atoms with Crippen LogP contribution < -0.4 is 0 Å². The van der Waals surface area contributed by atoms with Gasteiger partial charge in [-0.05, 0) is 29.7 Å². The van der Waals surface area contributed by atoms with Gasteiger partial charge in [-0.2, -0.15) is 0 Å². The molecule has 5 aromatic carbocycles. The predicted octanol–water partition coefficient (Wildman–Crippen LogP) is 11.0.